The first-order valence-electron chi connectivity index (χ1n) is 10.3. The van der Waals surface area contributed by atoms with Gasteiger partial charge in [-0.15, -0.1) is 0 Å². The summed E-state index contributed by atoms with van der Waals surface area (Å²) in [5, 5.41) is 2.97. The average molecular weight is 431 g/mol. The highest BCUT2D eigenvalue weighted by atomic mass is 32.2. The molecule has 1 amide bonds. The summed E-state index contributed by atoms with van der Waals surface area (Å²) in [5.41, 5.74) is 1.29. The van der Waals surface area contributed by atoms with Crippen LogP contribution >= 0.6 is 0 Å². The fraction of sp³-hybridized carbons (Fsp3) is 0.435. The molecule has 0 bridgehead atoms. The molecule has 0 aromatic heterocycles. The maximum absolute atomic E-state index is 13.1. The maximum Gasteiger partial charge on any atom is 0.243 e. The highest BCUT2D eigenvalue weighted by Gasteiger charge is 2.41. The van der Waals surface area contributed by atoms with Crippen molar-refractivity contribution in [3.8, 4) is 5.75 Å². The molecule has 1 aliphatic rings. The number of ether oxygens (including phenoxy) is 1. The molecule has 0 saturated carbocycles. The Hall–Kier alpha value is -2.38. The van der Waals surface area contributed by atoms with Gasteiger partial charge in [0, 0.05) is 19.6 Å². The number of amides is 1. The summed E-state index contributed by atoms with van der Waals surface area (Å²) in [5.74, 6) is 0.636. The molecule has 2 aromatic rings. The number of hydrogen-bond donors (Lipinski definition) is 1. The second kappa shape index (κ2) is 9.18. The monoisotopic (exact) mass is 430 g/mol. The summed E-state index contributed by atoms with van der Waals surface area (Å²) >= 11 is 0. The first kappa shape index (κ1) is 22.3. The zero-order valence-corrected chi connectivity index (χ0v) is 18.7. The first-order chi connectivity index (χ1) is 14.3. The van der Waals surface area contributed by atoms with E-state index in [-0.39, 0.29) is 17.3 Å². The fourth-order valence-corrected chi connectivity index (χ4v) is 5.37. The molecule has 1 aliphatic heterocycles. The third-order valence-corrected chi connectivity index (χ3v) is 7.65. The van der Waals surface area contributed by atoms with E-state index < -0.39 is 15.4 Å². The van der Waals surface area contributed by atoms with Gasteiger partial charge in [-0.1, -0.05) is 31.2 Å². The van der Waals surface area contributed by atoms with E-state index >= 15 is 0 Å². The second-order valence-electron chi connectivity index (χ2n) is 8.03. The van der Waals surface area contributed by atoms with E-state index in [1.807, 2.05) is 50.2 Å². The van der Waals surface area contributed by atoms with E-state index in [9.17, 15) is 13.2 Å². The van der Waals surface area contributed by atoms with Gasteiger partial charge < -0.3 is 10.1 Å². The Balaban J connectivity index is 1.68. The zero-order chi connectivity index (χ0) is 21.8. The minimum absolute atomic E-state index is 0.125. The fourth-order valence-electron chi connectivity index (χ4n) is 3.77. The number of nitrogens with one attached hydrogen (secondary N) is 1. The lowest BCUT2D eigenvalue weighted by atomic mass is 9.82. The van der Waals surface area contributed by atoms with Crippen LogP contribution in [0.3, 0.4) is 0 Å². The SMILES string of the molecule is CCc1ccc(S(=O)(=O)N2CCC[C@@](C)(C(=O)NCc3ccc(OC)cc3)C2)cc1. The average Bonchev–Trinajstić information content (AvgIpc) is 2.77. The molecule has 3 rings (SSSR count). The molecule has 162 valence electrons. The molecule has 6 nitrogen and oxygen atoms in total. The Bertz CT molecular complexity index is 971. The number of carbonyl (C=O) groups is 1. The van der Waals surface area contributed by atoms with Gasteiger partial charge in [0.1, 0.15) is 5.75 Å². The lowest BCUT2D eigenvalue weighted by molar-refractivity contribution is -0.132. The molecule has 2 aromatic carbocycles. The second-order valence-corrected chi connectivity index (χ2v) is 9.97. The van der Waals surface area contributed by atoms with Gasteiger partial charge >= 0.3 is 0 Å². The Morgan fingerprint density at radius 3 is 2.33 bits per heavy atom. The summed E-state index contributed by atoms with van der Waals surface area (Å²) in [4.78, 5) is 13.2. The summed E-state index contributed by atoms with van der Waals surface area (Å²) < 4.78 is 32.8. The molecule has 0 aliphatic carbocycles. The third kappa shape index (κ3) is 4.84. The number of sulfonamides is 1. The normalized spacial score (nSPS) is 20.0. The highest BCUT2D eigenvalue weighted by molar-refractivity contribution is 7.89. The van der Waals surface area contributed by atoms with E-state index in [4.69, 9.17) is 4.74 Å². The molecule has 0 unspecified atom stereocenters. The van der Waals surface area contributed by atoms with Gasteiger partial charge in [0.15, 0.2) is 0 Å². The minimum Gasteiger partial charge on any atom is -0.497 e. The van der Waals surface area contributed by atoms with Crippen molar-refractivity contribution in [2.45, 2.75) is 44.6 Å². The minimum atomic E-state index is -3.63. The number of piperidine rings is 1. The van der Waals surface area contributed by atoms with Crippen LogP contribution in [0.4, 0.5) is 0 Å². The number of nitrogens with zero attached hydrogens (tertiary/aromatic N) is 1. The predicted molar refractivity (Wildman–Crippen MR) is 117 cm³/mol. The van der Waals surface area contributed by atoms with Crippen molar-refractivity contribution in [1.29, 1.82) is 0 Å². The van der Waals surface area contributed by atoms with Crippen molar-refractivity contribution >= 4 is 15.9 Å². The summed E-state index contributed by atoms with van der Waals surface area (Å²) in [6, 6.07) is 14.5. The van der Waals surface area contributed by atoms with Gasteiger partial charge in [-0.05, 0) is 61.6 Å². The van der Waals surface area contributed by atoms with Crippen LogP contribution in [0, 0.1) is 5.41 Å². The summed E-state index contributed by atoms with van der Waals surface area (Å²) in [6.07, 6.45) is 2.16. The molecule has 1 atom stereocenters. The Kier molecular flexibility index (Phi) is 6.83. The Morgan fingerprint density at radius 1 is 1.10 bits per heavy atom. The molecule has 30 heavy (non-hydrogen) atoms. The van der Waals surface area contributed by atoms with E-state index in [1.54, 1.807) is 19.2 Å². The third-order valence-electron chi connectivity index (χ3n) is 5.79. The standard InChI is InChI=1S/C23H30N2O4S/c1-4-18-8-12-21(13-9-18)30(27,28)25-15-5-14-23(2,17-25)22(26)24-16-19-6-10-20(29-3)11-7-19/h6-13H,4-5,14-17H2,1-3H3,(H,24,26)/t23-/m1/s1. The summed E-state index contributed by atoms with van der Waals surface area (Å²) in [6.45, 7) is 4.88. The van der Waals surface area contributed by atoms with Crippen molar-refractivity contribution in [1.82, 2.24) is 9.62 Å². The zero-order valence-electron chi connectivity index (χ0n) is 17.8. The Labute approximate surface area is 179 Å². The van der Waals surface area contributed by atoms with Crippen LogP contribution in [-0.2, 0) is 27.8 Å². The number of rotatable bonds is 7. The van der Waals surface area contributed by atoms with Gasteiger partial charge in [0.25, 0.3) is 0 Å². The molecule has 1 saturated heterocycles. The predicted octanol–water partition coefficient (Wildman–Crippen LogP) is 3.36. The maximum atomic E-state index is 13.1. The van der Waals surface area contributed by atoms with Gasteiger partial charge in [-0.25, -0.2) is 8.42 Å². The molecule has 7 heteroatoms. The highest BCUT2D eigenvalue weighted by Crippen LogP contribution is 2.33. The molecule has 0 spiro atoms. The number of carbonyl (C=O) groups excluding carboxylic acids is 1. The molecule has 0 radical (unpaired) electrons. The van der Waals surface area contributed by atoms with Crippen LogP contribution in [-0.4, -0.2) is 38.8 Å². The lowest BCUT2D eigenvalue weighted by Crippen LogP contribution is -2.51. The molecule has 1 N–H and O–H groups in total. The largest absolute Gasteiger partial charge is 0.497 e. The summed E-state index contributed by atoms with van der Waals surface area (Å²) in [7, 11) is -2.02. The van der Waals surface area contributed by atoms with Crippen molar-refractivity contribution in [3.63, 3.8) is 0 Å². The van der Waals surface area contributed by atoms with Gasteiger partial charge in [0.2, 0.25) is 15.9 Å². The van der Waals surface area contributed by atoms with Crippen molar-refractivity contribution < 1.29 is 17.9 Å². The number of benzene rings is 2. The van der Waals surface area contributed by atoms with E-state index in [0.29, 0.717) is 25.9 Å². The van der Waals surface area contributed by atoms with Gasteiger partial charge in [-0.3, -0.25) is 4.79 Å². The van der Waals surface area contributed by atoms with Crippen molar-refractivity contribution in [2.75, 3.05) is 20.2 Å². The van der Waals surface area contributed by atoms with Crippen LogP contribution in [0.1, 0.15) is 37.8 Å². The van der Waals surface area contributed by atoms with Crippen molar-refractivity contribution in [2.24, 2.45) is 5.41 Å². The lowest BCUT2D eigenvalue weighted by Gasteiger charge is -2.38. The van der Waals surface area contributed by atoms with E-state index in [0.717, 1.165) is 23.3 Å². The van der Waals surface area contributed by atoms with Gasteiger partial charge in [-0.2, -0.15) is 4.31 Å². The Morgan fingerprint density at radius 2 is 1.73 bits per heavy atom. The molecular weight excluding hydrogens is 400 g/mol. The van der Waals surface area contributed by atoms with Crippen molar-refractivity contribution in [3.05, 3.63) is 59.7 Å². The van der Waals surface area contributed by atoms with Gasteiger partial charge in [0.05, 0.1) is 17.4 Å². The molecular formula is C23H30N2O4S. The van der Waals surface area contributed by atoms with Crippen LogP contribution in [0.5, 0.6) is 5.75 Å². The quantitative estimate of drug-likeness (QED) is 0.731. The van der Waals surface area contributed by atoms with E-state index in [2.05, 4.69) is 5.32 Å². The van der Waals surface area contributed by atoms with E-state index in [1.165, 1.54) is 4.31 Å². The number of hydrogen-bond acceptors (Lipinski definition) is 4. The topological polar surface area (TPSA) is 75.7 Å². The first-order valence-corrected chi connectivity index (χ1v) is 11.7. The van der Waals surface area contributed by atoms with Crippen LogP contribution in [0.15, 0.2) is 53.4 Å². The number of aryl methyl sites for hydroxylation is 1. The van der Waals surface area contributed by atoms with Crippen LogP contribution in [0.2, 0.25) is 0 Å². The molecule has 1 fully saturated rings. The molecule has 1 heterocycles. The number of methoxy groups -OCH3 is 1. The smallest absolute Gasteiger partial charge is 0.243 e. The van der Waals surface area contributed by atoms with Crippen LogP contribution < -0.4 is 10.1 Å². The van der Waals surface area contributed by atoms with Crippen LogP contribution in [0.25, 0.3) is 0 Å².